The van der Waals surface area contributed by atoms with E-state index in [2.05, 4.69) is 4.74 Å². The van der Waals surface area contributed by atoms with Gasteiger partial charge in [-0.1, -0.05) is 18.2 Å². The fraction of sp³-hybridized carbons (Fsp3) is 0.125. The first kappa shape index (κ1) is 16.5. The molecule has 0 atom stereocenters. The number of methoxy groups -OCH3 is 1. The number of hydrogen-bond acceptors (Lipinski definition) is 6. The molecule has 23 heavy (non-hydrogen) atoms. The van der Waals surface area contributed by atoms with Crippen molar-refractivity contribution in [2.45, 2.75) is 11.3 Å². The number of benzene rings is 2. The lowest BCUT2D eigenvalue weighted by Gasteiger charge is -2.08. The number of rotatable bonds is 5. The quantitative estimate of drug-likeness (QED) is 0.615. The number of nitriles is 1. The molecule has 2 aromatic carbocycles. The van der Waals surface area contributed by atoms with Crippen LogP contribution in [-0.4, -0.2) is 21.5 Å². The Morgan fingerprint density at radius 2 is 1.87 bits per heavy atom. The Labute approximate surface area is 134 Å². The minimum Gasteiger partial charge on any atom is -0.469 e. The van der Waals surface area contributed by atoms with Gasteiger partial charge >= 0.3 is 16.1 Å². The van der Waals surface area contributed by atoms with E-state index < -0.39 is 10.1 Å². The van der Waals surface area contributed by atoms with Crippen LogP contribution in [0.4, 0.5) is 0 Å². The molecule has 0 N–H and O–H groups in total. The molecule has 0 unspecified atom stereocenters. The fourth-order valence-corrected chi connectivity index (χ4v) is 2.77. The number of carbonyl (C=O) groups is 1. The lowest BCUT2D eigenvalue weighted by molar-refractivity contribution is -0.139. The first-order valence-electron chi connectivity index (χ1n) is 6.55. The van der Waals surface area contributed by atoms with Crippen LogP contribution in [0, 0.1) is 11.3 Å². The van der Waals surface area contributed by atoms with E-state index in [1.54, 1.807) is 12.1 Å². The molecule has 0 aliphatic heterocycles. The number of carbonyl (C=O) groups excluding carboxylic acids is 1. The van der Waals surface area contributed by atoms with E-state index in [1.165, 1.54) is 43.5 Å². The third kappa shape index (κ3) is 4.31. The van der Waals surface area contributed by atoms with Gasteiger partial charge in [0.05, 0.1) is 25.2 Å². The van der Waals surface area contributed by atoms with Crippen molar-refractivity contribution in [3.63, 3.8) is 0 Å². The summed E-state index contributed by atoms with van der Waals surface area (Å²) in [5, 5.41) is 8.82. The van der Waals surface area contributed by atoms with E-state index in [9.17, 15) is 13.2 Å². The molecule has 0 bridgehead atoms. The number of esters is 1. The maximum Gasteiger partial charge on any atom is 0.339 e. The molecule has 2 rings (SSSR count). The van der Waals surface area contributed by atoms with Crippen LogP contribution in [0.1, 0.15) is 11.1 Å². The van der Waals surface area contributed by atoms with Gasteiger partial charge in [0, 0.05) is 0 Å². The number of nitrogens with zero attached hydrogens (tertiary/aromatic N) is 1. The van der Waals surface area contributed by atoms with Gasteiger partial charge in [-0.05, 0) is 35.9 Å². The maximum absolute atomic E-state index is 12.2. The van der Waals surface area contributed by atoms with Crippen LogP contribution in [0.5, 0.6) is 5.75 Å². The highest BCUT2D eigenvalue weighted by atomic mass is 32.2. The molecule has 6 nitrogen and oxygen atoms in total. The van der Waals surface area contributed by atoms with Gasteiger partial charge in [0.25, 0.3) is 0 Å². The highest BCUT2D eigenvalue weighted by Crippen LogP contribution is 2.20. The van der Waals surface area contributed by atoms with E-state index in [-0.39, 0.29) is 28.6 Å². The van der Waals surface area contributed by atoms with E-state index in [4.69, 9.17) is 9.44 Å². The molecule has 0 fully saturated rings. The van der Waals surface area contributed by atoms with Crippen molar-refractivity contribution in [3.05, 3.63) is 59.7 Å². The van der Waals surface area contributed by atoms with Crippen molar-refractivity contribution in [1.29, 1.82) is 5.26 Å². The van der Waals surface area contributed by atoms with Crippen molar-refractivity contribution >= 4 is 16.1 Å². The normalized spacial score (nSPS) is 10.6. The monoisotopic (exact) mass is 331 g/mol. The molecule has 0 saturated carbocycles. The molecule has 0 amide bonds. The van der Waals surface area contributed by atoms with Crippen LogP contribution in [-0.2, 0) is 26.1 Å². The van der Waals surface area contributed by atoms with Crippen LogP contribution in [0.15, 0.2) is 53.4 Å². The van der Waals surface area contributed by atoms with Crippen molar-refractivity contribution in [2.75, 3.05) is 7.11 Å². The van der Waals surface area contributed by atoms with Gasteiger partial charge < -0.3 is 8.92 Å². The summed E-state index contributed by atoms with van der Waals surface area (Å²) < 4.78 is 33.9. The lowest BCUT2D eigenvalue weighted by Crippen LogP contribution is -2.10. The van der Waals surface area contributed by atoms with Crippen LogP contribution >= 0.6 is 0 Å². The largest absolute Gasteiger partial charge is 0.469 e. The van der Waals surface area contributed by atoms with E-state index in [0.29, 0.717) is 5.56 Å². The maximum atomic E-state index is 12.2. The third-order valence-electron chi connectivity index (χ3n) is 2.96. The minimum absolute atomic E-state index is 0.0910. The van der Waals surface area contributed by atoms with E-state index in [1.807, 2.05) is 6.07 Å². The fourth-order valence-electron chi connectivity index (χ4n) is 1.80. The third-order valence-corrected chi connectivity index (χ3v) is 4.20. The van der Waals surface area contributed by atoms with Crippen LogP contribution in [0.25, 0.3) is 0 Å². The van der Waals surface area contributed by atoms with Gasteiger partial charge in [-0.15, -0.1) is 0 Å². The molecule has 2 aromatic rings. The Balaban J connectivity index is 2.17. The SMILES string of the molecule is COC(=O)Cc1ccc(OS(=O)(=O)c2cccc(C#N)c2)cc1. The first-order valence-corrected chi connectivity index (χ1v) is 7.96. The minimum atomic E-state index is -4.03. The van der Waals surface area contributed by atoms with Gasteiger partial charge in [0.2, 0.25) is 0 Å². The topological polar surface area (TPSA) is 93.5 Å². The smallest absolute Gasteiger partial charge is 0.339 e. The van der Waals surface area contributed by atoms with Crippen LogP contribution in [0.3, 0.4) is 0 Å². The first-order chi connectivity index (χ1) is 10.9. The summed E-state index contributed by atoms with van der Waals surface area (Å²) in [6, 6.07) is 13.5. The van der Waals surface area contributed by atoms with Gasteiger partial charge in [-0.2, -0.15) is 13.7 Å². The Morgan fingerprint density at radius 1 is 1.17 bits per heavy atom. The summed E-state index contributed by atoms with van der Waals surface area (Å²) in [6.07, 6.45) is 0.0910. The zero-order valence-corrected chi connectivity index (χ0v) is 13.0. The van der Waals surface area contributed by atoms with Crippen molar-refractivity contribution in [2.24, 2.45) is 0 Å². The van der Waals surface area contributed by atoms with Gasteiger partial charge in [-0.25, -0.2) is 0 Å². The molecule has 0 aromatic heterocycles. The summed E-state index contributed by atoms with van der Waals surface area (Å²) >= 11 is 0. The summed E-state index contributed by atoms with van der Waals surface area (Å²) in [5.74, 6) is -0.277. The predicted octanol–water partition coefficient (Wildman–Crippen LogP) is 2.04. The Bertz CT molecular complexity index is 851. The molecule has 0 aliphatic carbocycles. The van der Waals surface area contributed by atoms with Gasteiger partial charge in [-0.3, -0.25) is 4.79 Å². The summed E-state index contributed by atoms with van der Waals surface area (Å²) in [5.41, 5.74) is 0.899. The van der Waals surface area contributed by atoms with Crippen molar-refractivity contribution < 1.29 is 22.1 Å². The van der Waals surface area contributed by atoms with E-state index >= 15 is 0 Å². The molecule has 0 saturated heterocycles. The molecular weight excluding hydrogens is 318 g/mol. The summed E-state index contributed by atoms with van der Waals surface area (Å²) in [7, 11) is -2.74. The van der Waals surface area contributed by atoms with E-state index in [0.717, 1.165) is 0 Å². The molecule has 118 valence electrons. The van der Waals surface area contributed by atoms with Crippen molar-refractivity contribution in [3.8, 4) is 11.8 Å². The Kier molecular flexibility index (Phi) is 4.98. The standard InChI is InChI=1S/C16H13NO5S/c1-21-16(18)10-12-5-7-14(8-6-12)22-23(19,20)15-4-2-3-13(9-15)11-17/h2-9H,10H2,1H3. The lowest BCUT2D eigenvalue weighted by atomic mass is 10.1. The molecule has 0 spiro atoms. The predicted molar refractivity (Wildman–Crippen MR) is 81.1 cm³/mol. The molecule has 0 radical (unpaired) electrons. The second-order valence-corrected chi connectivity index (χ2v) is 6.12. The van der Waals surface area contributed by atoms with Crippen molar-refractivity contribution in [1.82, 2.24) is 0 Å². The molecule has 0 heterocycles. The Morgan fingerprint density at radius 3 is 2.48 bits per heavy atom. The zero-order valence-electron chi connectivity index (χ0n) is 12.2. The second-order valence-electron chi connectivity index (χ2n) is 4.57. The number of hydrogen-bond donors (Lipinski definition) is 0. The summed E-state index contributed by atoms with van der Waals surface area (Å²) in [6.45, 7) is 0. The van der Waals surface area contributed by atoms with Crippen LogP contribution < -0.4 is 4.18 Å². The molecule has 0 aliphatic rings. The second kappa shape index (κ2) is 6.94. The highest BCUT2D eigenvalue weighted by molar-refractivity contribution is 7.87. The average Bonchev–Trinajstić information content (AvgIpc) is 2.56. The Hall–Kier alpha value is -2.85. The number of ether oxygens (including phenoxy) is 1. The van der Waals surface area contributed by atoms with Gasteiger partial charge in [0.1, 0.15) is 10.6 Å². The zero-order chi connectivity index (χ0) is 16.9. The molecule has 7 heteroatoms. The summed E-state index contributed by atoms with van der Waals surface area (Å²) in [4.78, 5) is 11.1. The average molecular weight is 331 g/mol. The van der Waals surface area contributed by atoms with Crippen LogP contribution in [0.2, 0.25) is 0 Å². The highest BCUT2D eigenvalue weighted by Gasteiger charge is 2.17. The molecular formula is C16H13NO5S. The van der Waals surface area contributed by atoms with Gasteiger partial charge in [0.15, 0.2) is 0 Å².